The van der Waals surface area contributed by atoms with Crippen LogP contribution < -0.4 is 54.4 Å². The molecular formula is C45H63N11O15S. The van der Waals surface area contributed by atoms with Gasteiger partial charge < -0.3 is 69.5 Å². The van der Waals surface area contributed by atoms with Crippen LogP contribution in [0.2, 0.25) is 0 Å². The zero-order chi connectivity index (χ0) is 53.9. The van der Waals surface area contributed by atoms with Gasteiger partial charge in [-0.25, -0.2) is 8.42 Å². The molecule has 1 aliphatic heterocycles. The molecule has 1 heterocycles. The van der Waals surface area contributed by atoms with E-state index in [2.05, 4.69) is 37.2 Å². The highest BCUT2D eigenvalue weighted by atomic mass is 32.2. The van der Waals surface area contributed by atoms with Crippen LogP contribution in [0, 0.1) is 5.92 Å². The van der Waals surface area contributed by atoms with Gasteiger partial charge in [0.25, 0.3) is 0 Å². The molecule has 394 valence electrons. The number of hydrogen-bond donors (Lipinski definition) is 12. The maximum Gasteiger partial charge on any atom is 0.245 e. The van der Waals surface area contributed by atoms with Crippen LogP contribution in [0.3, 0.4) is 0 Å². The summed E-state index contributed by atoms with van der Waals surface area (Å²) in [6, 6.07) is 1.51. The topological polar surface area (TPSA) is 428 Å². The lowest BCUT2D eigenvalue weighted by atomic mass is 9.96. The summed E-state index contributed by atoms with van der Waals surface area (Å²) in [4.78, 5) is 146. The standard InChI is InChI=1S/C45H63N11O15S/c1-4-24(2)39-44(68)52-29(13-14-34(46)59)41(65)54-33(21-35(47)60)42(66)53-30(15-17-72(70,71)18-16-37(62)50-32(43(67)55-39)20-26-7-11-28(58)12-8-26)45(69)56(3)23-38(63)51-31(40(64)49-22-36(48)61)19-25-5-9-27(57)10-6-25/h5-12,24,29-33,39,57-58H,4,13-23H2,1-3H3,(H2,46,59)(H2,47,60)(H2,48,61)(H,49,64)(H,50,62)(H,51,63)(H,52,68)(H,53,66)(H,54,65)(H,55,67)/t24-,29-,30-,31-,32+,33-,39-/m0/s1. The highest BCUT2D eigenvalue weighted by molar-refractivity contribution is 7.91. The Hall–Kier alpha value is -7.84. The van der Waals surface area contributed by atoms with Crippen molar-refractivity contribution in [3.63, 3.8) is 0 Å². The van der Waals surface area contributed by atoms with Crippen molar-refractivity contribution in [1.82, 2.24) is 42.1 Å². The molecule has 1 aliphatic rings. The Morgan fingerprint density at radius 3 is 1.88 bits per heavy atom. The van der Waals surface area contributed by atoms with Crippen molar-refractivity contribution in [2.75, 3.05) is 31.6 Å². The fourth-order valence-corrected chi connectivity index (χ4v) is 8.45. The van der Waals surface area contributed by atoms with Crippen LogP contribution in [0.25, 0.3) is 0 Å². The van der Waals surface area contributed by atoms with E-state index >= 15 is 0 Å². The Labute approximate surface area is 414 Å². The number of nitrogens with zero attached hydrogens (tertiary/aromatic N) is 1. The Kier molecular flexibility index (Phi) is 22.4. The first-order valence-corrected chi connectivity index (χ1v) is 24.5. The zero-order valence-corrected chi connectivity index (χ0v) is 40.8. The first kappa shape index (κ1) is 58.5. The highest BCUT2D eigenvalue weighted by Crippen LogP contribution is 2.16. The predicted octanol–water partition coefficient (Wildman–Crippen LogP) is -4.75. The molecule has 15 N–H and O–H groups in total. The van der Waals surface area contributed by atoms with Crippen LogP contribution in [-0.4, -0.2) is 156 Å². The van der Waals surface area contributed by atoms with E-state index < -0.39 is 174 Å². The molecule has 0 saturated carbocycles. The smallest absolute Gasteiger partial charge is 0.245 e. The third-order valence-corrected chi connectivity index (χ3v) is 13.0. The van der Waals surface area contributed by atoms with Crippen molar-refractivity contribution in [1.29, 1.82) is 0 Å². The average Bonchev–Trinajstić information content (AvgIpc) is 3.31. The van der Waals surface area contributed by atoms with Gasteiger partial charge in [0.2, 0.25) is 65.0 Å². The number of carbonyl (C=O) groups is 11. The van der Waals surface area contributed by atoms with Crippen molar-refractivity contribution >= 4 is 74.8 Å². The number of nitrogens with two attached hydrogens (primary N) is 3. The normalized spacial score (nSPS) is 21.1. The summed E-state index contributed by atoms with van der Waals surface area (Å²) >= 11 is 0. The van der Waals surface area contributed by atoms with Crippen LogP contribution in [0.5, 0.6) is 11.5 Å². The molecule has 1 fully saturated rings. The number of phenolic OH excluding ortho intramolecular Hbond substituents is 2. The lowest BCUT2D eigenvalue weighted by Crippen LogP contribution is -2.61. The zero-order valence-electron chi connectivity index (χ0n) is 39.9. The molecule has 0 spiro atoms. The minimum Gasteiger partial charge on any atom is -0.508 e. The van der Waals surface area contributed by atoms with Gasteiger partial charge in [-0.2, -0.15) is 0 Å². The summed E-state index contributed by atoms with van der Waals surface area (Å²) in [6.45, 7) is 1.87. The number of amides is 11. The summed E-state index contributed by atoms with van der Waals surface area (Å²) in [5, 5.41) is 36.3. The van der Waals surface area contributed by atoms with E-state index in [-0.39, 0.29) is 30.8 Å². The molecule has 7 atom stereocenters. The summed E-state index contributed by atoms with van der Waals surface area (Å²) in [6.07, 6.45) is -3.42. The summed E-state index contributed by atoms with van der Waals surface area (Å²) in [5.74, 6) is -13.6. The van der Waals surface area contributed by atoms with E-state index in [0.717, 1.165) is 11.9 Å². The van der Waals surface area contributed by atoms with Gasteiger partial charge in [-0.3, -0.25) is 52.7 Å². The molecule has 0 unspecified atom stereocenters. The SMILES string of the molecule is CC[C@H](C)[C@@H]1NC(=O)[C@@H](Cc2ccc(O)cc2)NC(=O)CCS(=O)(=O)CC[C@@H](C(=O)N(C)CC(=O)N[C@@H](Cc2ccc(O)cc2)C(=O)NCC(N)=O)NC(=O)[C@H](CC(N)=O)NC(=O)[C@H](CCC(N)=O)NC1=O. The number of phenols is 2. The Morgan fingerprint density at radius 2 is 1.31 bits per heavy atom. The molecule has 11 amide bonds. The second kappa shape index (κ2) is 27.5. The fourth-order valence-electron chi connectivity index (χ4n) is 7.15. The van der Waals surface area contributed by atoms with Gasteiger partial charge in [-0.1, -0.05) is 44.5 Å². The number of primary amides is 3. The maximum atomic E-state index is 14.1. The number of nitrogens with one attached hydrogen (secondary N) is 7. The Balaban J connectivity index is 2.05. The van der Waals surface area contributed by atoms with Gasteiger partial charge in [0.05, 0.1) is 31.0 Å². The molecule has 26 nitrogen and oxygen atoms in total. The van der Waals surface area contributed by atoms with E-state index in [4.69, 9.17) is 17.2 Å². The summed E-state index contributed by atoms with van der Waals surface area (Å²) in [7, 11) is -3.22. The molecule has 0 aliphatic carbocycles. The molecule has 0 radical (unpaired) electrons. The first-order valence-electron chi connectivity index (χ1n) is 22.7. The van der Waals surface area contributed by atoms with E-state index in [1.807, 2.05) is 0 Å². The number of rotatable bonds is 18. The van der Waals surface area contributed by atoms with Gasteiger partial charge in [-0.05, 0) is 54.2 Å². The van der Waals surface area contributed by atoms with E-state index in [0.29, 0.717) is 11.1 Å². The fraction of sp³-hybridized carbons (Fsp3) is 0.489. The lowest BCUT2D eigenvalue weighted by Gasteiger charge is -2.29. The summed E-state index contributed by atoms with van der Waals surface area (Å²) < 4.78 is 27.1. The molecule has 27 heteroatoms. The predicted molar refractivity (Wildman–Crippen MR) is 255 cm³/mol. The number of carbonyl (C=O) groups excluding carboxylic acids is 11. The largest absolute Gasteiger partial charge is 0.508 e. The third kappa shape index (κ3) is 19.9. The molecular weight excluding hydrogens is 967 g/mol. The van der Waals surface area contributed by atoms with E-state index in [1.165, 1.54) is 48.5 Å². The molecule has 2 aromatic rings. The monoisotopic (exact) mass is 1030 g/mol. The van der Waals surface area contributed by atoms with Crippen LogP contribution in [0.4, 0.5) is 0 Å². The Morgan fingerprint density at radius 1 is 0.736 bits per heavy atom. The van der Waals surface area contributed by atoms with Crippen molar-refractivity contribution in [2.24, 2.45) is 23.1 Å². The molecule has 1 saturated heterocycles. The van der Waals surface area contributed by atoms with Crippen LogP contribution in [-0.2, 0) is 75.4 Å². The number of likely N-dealkylation sites (N-methyl/N-ethyl adjacent to an activating group) is 1. The third-order valence-electron chi connectivity index (χ3n) is 11.4. The summed E-state index contributed by atoms with van der Waals surface area (Å²) in [5.41, 5.74) is 16.9. The highest BCUT2D eigenvalue weighted by Gasteiger charge is 2.36. The van der Waals surface area contributed by atoms with Gasteiger partial charge in [-0.15, -0.1) is 0 Å². The van der Waals surface area contributed by atoms with Crippen LogP contribution in [0.15, 0.2) is 48.5 Å². The van der Waals surface area contributed by atoms with Gasteiger partial charge >= 0.3 is 0 Å². The number of benzene rings is 2. The van der Waals surface area contributed by atoms with Gasteiger partial charge in [0, 0.05) is 32.7 Å². The molecule has 72 heavy (non-hydrogen) atoms. The second-order valence-electron chi connectivity index (χ2n) is 17.3. The number of aromatic hydroxyl groups is 2. The van der Waals surface area contributed by atoms with Crippen LogP contribution in [0.1, 0.15) is 63.5 Å². The maximum absolute atomic E-state index is 14.1. The number of hydrogen-bond acceptors (Lipinski definition) is 15. The van der Waals surface area contributed by atoms with E-state index in [1.54, 1.807) is 13.8 Å². The van der Waals surface area contributed by atoms with Crippen molar-refractivity contribution in [3.8, 4) is 11.5 Å². The average molecular weight is 1030 g/mol. The van der Waals surface area contributed by atoms with E-state index in [9.17, 15) is 71.4 Å². The van der Waals surface area contributed by atoms with Gasteiger partial charge in [0.15, 0.2) is 9.84 Å². The molecule has 0 aromatic heterocycles. The van der Waals surface area contributed by atoms with Crippen LogP contribution >= 0.6 is 0 Å². The first-order chi connectivity index (χ1) is 33.8. The molecule has 3 rings (SSSR count). The lowest BCUT2D eigenvalue weighted by molar-refractivity contribution is -0.140. The quantitative estimate of drug-likeness (QED) is 0.0667. The van der Waals surface area contributed by atoms with Crippen molar-refractivity contribution in [2.45, 2.75) is 101 Å². The minimum atomic E-state index is -4.31. The van der Waals surface area contributed by atoms with Crippen molar-refractivity contribution in [3.05, 3.63) is 59.7 Å². The second-order valence-corrected chi connectivity index (χ2v) is 19.6. The molecule has 2 aromatic carbocycles. The minimum absolute atomic E-state index is 0.0911. The Bertz CT molecular complexity index is 2440. The molecule has 0 bridgehead atoms. The van der Waals surface area contributed by atoms with Crippen molar-refractivity contribution < 1.29 is 71.4 Å². The van der Waals surface area contributed by atoms with Gasteiger partial charge in [0.1, 0.15) is 47.8 Å². The number of sulfone groups is 1.